The fourth-order valence-electron chi connectivity index (χ4n) is 2.27. The van der Waals surface area contributed by atoms with E-state index >= 15 is 0 Å². The maximum Gasteiger partial charge on any atom is 0.230 e. The van der Waals surface area contributed by atoms with Crippen LogP contribution >= 0.6 is 23.1 Å². The van der Waals surface area contributed by atoms with Crippen molar-refractivity contribution >= 4 is 34.1 Å². The molecule has 0 aliphatic rings. The number of hydrogen-bond donors (Lipinski definition) is 1. The molecule has 130 valence electrons. The smallest absolute Gasteiger partial charge is 0.230 e. The molecule has 0 unspecified atom stereocenters. The minimum Gasteiger partial charge on any atom is -0.445 e. The van der Waals surface area contributed by atoms with Crippen LogP contribution in [0.3, 0.4) is 0 Å². The Morgan fingerprint density at radius 2 is 2.20 bits per heavy atom. The third kappa shape index (κ3) is 5.17. The molecule has 0 aliphatic carbocycles. The lowest BCUT2D eigenvalue weighted by Gasteiger charge is -2.02. The van der Waals surface area contributed by atoms with Gasteiger partial charge in [-0.3, -0.25) is 4.79 Å². The number of hydrogen-bond acceptors (Lipinski definition) is 6. The van der Waals surface area contributed by atoms with Gasteiger partial charge < -0.3 is 9.73 Å². The van der Waals surface area contributed by atoms with Crippen LogP contribution in [0, 0.1) is 6.92 Å². The number of thiazole rings is 1. The summed E-state index contributed by atoms with van der Waals surface area (Å²) in [5, 5.41) is 3.47. The van der Waals surface area contributed by atoms with Crippen molar-refractivity contribution in [2.24, 2.45) is 0 Å². The molecule has 0 saturated carbocycles. The SMILES string of the molecule is CCc1cnc(CSc2cnc(NC(=O)Cc3cccc(C)c3)s2)o1. The van der Waals surface area contributed by atoms with Crippen LogP contribution in [-0.4, -0.2) is 15.9 Å². The minimum absolute atomic E-state index is 0.0585. The maximum absolute atomic E-state index is 12.1. The number of aryl methyl sites for hydroxylation is 2. The van der Waals surface area contributed by atoms with Gasteiger partial charge >= 0.3 is 0 Å². The Bertz CT molecular complexity index is 857. The van der Waals surface area contributed by atoms with Gasteiger partial charge in [0.25, 0.3) is 0 Å². The van der Waals surface area contributed by atoms with E-state index in [1.807, 2.05) is 38.1 Å². The molecule has 2 heterocycles. The van der Waals surface area contributed by atoms with Crippen molar-refractivity contribution in [1.82, 2.24) is 9.97 Å². The van der Waals surface area contributed by atoms with Crippen LogP contribution in [-0.2, 0) is 23.4 Å². The van der Waals surface area contributed by atoms with Crippen LogP contribution < -0.4 is 5.32 Å². The van der Waals surface area contributed by atoms with E-state index in [2.05, 4.69) is 15.3 Å². The monoisotopic (exact) mass is 373 g/mol. The second-order valence-electron chi connectivity index (χ2n) is 5.56. The van der Waals surface area contributed by atoms with Crippen LogP contribution in [0.1, 0.15) is 29.7 Å². The molecule has 0 atom stereocenters. The van der Waals surface area contributed by atoms with Crippen molar-refractivity contribution in [3.63, 3.8) is 0 Å². The average molecular weight is 374 g/mol. The first kappa shape index (κ1) is 17.7. The van der Waals surface area contributed by atoms with Gasteiger partial charge in [0.1, 0.15) is 5.76 Å². The number of rotatable bonds is 7. The van der Waals surface area contributed by atoms with Crippen LogP contribution in [0.2, 0.25) is 0 Å². The Kier molecular flexibility index (Phi) is 5.88. The molecule has 2 aromatic heterocycles. The Balaban J connectivity index is 1.51. The van der Waals surface area contributed by atoms with Crippen LogP contribution in [0.25, 0.3) is 0 Å². The topological polar surface area (TPSA) is 68.0 Å². The Morgan fingerprint density at radius 3 is 2.96 bits per heavy atom. The van der Waals surface area contributed by atoms with Gasteiger partial charge in [-0.05, 0) is 12.5 Å². The van der Waals surface area contributed by atoms with E-state index in [9.17, 15) is 4.79 Å². The highest BCUT2D eigenvalue weighted by molar-refractivity contribution is 8.00. The molecule has 1 amide bonds. The van der Waals surface area contributed by atoms with Gasteiger partial charge in [-0.1, -0.05) is 48.1 Å². The Labute approximate surface area is 154 Å². The first-order valence-corrected chi connectivity index (χ1v) is 9.80. The molecule has 0 fully saturated rings. The molecular weight excluding hydrogens is 354 g/mol. The predicted octanol–water partition coefficient (Wildman–Crippen LogP) is 4.48. The van der Waals surface area contributed by atoms with Crippen molar-refractivity contribution < 1.29 is 9.21 Å². The van der Waals surface area contributed by atoms with Crippen molar-refractivity contribution in [3.8, 4) is 0 Å². The van der Waals surface area contributed by atoms with Crippen molar-refractivity contribution in [2.75, 3.05) is 5.32 Å². The molecule has 3 rings (SSSR count). The summed E-state index contributed by atoms with van der Waals surface area (Å²) in [6, 6.07) is 7.95. The molecule has 7 heteroatoms. The molecule has 3 aromatic rings. The molecule has 0 spiro atoms. The van der Waals surface area contributed by atoms with Gasteiger partial charge in [0, 0.05) is 6.42 Å². The molecule has 0 aliphatic heterocycles. The quantitative estimate of drug-likeness (QED) is 0.619. The van der Waals surface area contributed by atoms with E-state index in [0.717, 1.165) is 27.5 Å². The highest BCUT2D eigenvalue weighted by Crippen LogP contribution is 2.30. The number of thioether (sulfide) groups is 1. The Hall–Kier alpha value is -2.12. The average Bonchev–Trinajstić information content (AvgIpc) is 3.21. The lowest BCUT2D eigenvalue weighted by atomic mass is 10.1. The molecule has 0 radical (unpaired) electrons. The standard InChI is InChI=1S/C18H19N3O2S2/c1-3-14-9-19-16(23-14)11-24-17-10-20-18(25-17)21-15(22)8-13-6-4-5-12(2)7-13/h4-7,9-10H,3,8,11H2,1-2H3,(H,20,21,22). The van der Waals surface area contributed by atoms with Gasteiger partial charge in [-0.2, -0.15) is 0 Å². The van der Waals surface area contributed by atoms with Crippen LogP contribution in [0.4, 0.5) is 5.13 Å². The van der Waals surface area contributed by atoms with Gasteiger partial charge in [-0.15, -0.1) is 11.8 Å². The highest BCUT2D eigenvalue weighted by Gasteiger charge is 2.10. The van der Waals surface area contributed by atoms with Crippen LogP contribution in [0.15, 0.2) is 45.3 Å². The number of oxazole rings is 1. The summed E-state index contributed by atoms with van der Waals surface area (Å²) in [4.78, 5) is 20.6. The lowest BCUT2D eigenvalue weighted by Crippen LogP contribution is -2.14. The van der Waals surface area contributed by atoms with Crippen molar-refractivity contribution in [1.29, 1.82) is 0 Å². The van der Waals surface area contributed by atoms with E-state index in [4.69, 9.17) is 4.42 Å². The summed E-state index contributed by atoms with van der Waals surface area (Å²) >= 11 is 3.06. The number of nitrogens with one attached hydrogen (secondary N) is 1. The minimum atomic E-state index is -0.0585. The zero-order valence-electron chi connectivity index (χ0n) is 14.1. The molecule has 5 nitrogen and oxygen atoms in total. The van der Waals surface area contributed by atoms with E-state index < -0.39 is 0 Å². The summed E-state index contributed by atoms with van der Waals surface area (Å²) in [6.07, 6.45) is 4.72. The van der Waals surface area contributed by atoms with Crippen molar-refractivity contribution in [2.45, 2.75) is 36.7 Å². The van der Waals surface area contributed by atoms with Gasteiger partial charge in [0.05, 0.1) is 28.8 Å². The number of aromatic nitrogens is 2. The summed E-state index contributed by atoms with van der Waals surface area (Å²) < 4.78 is 6.60. The second kappa shape index (κ2) is 8.31. The summed E-state index contributed by atoms with van der Waals surface area (Å²) in [6.45, 7) is 4.05. The zero-order valence-corrected chi connectivity index (χ0v) is 15.7. The first-order chi connectivity index (χ1) is 12.1. The first-order valence-electron chi connectivity index (χ1n) is 8.00. The number of amides is 1. The molecule has 0 bridgehead atoms. The fraction of sp³-hybridized carbons (Fsp3) is 0.278. The largest absolute Gasteiger partial charge is 0.445 e. The van der Waals surface area contributed by atoms with E-state index in [1.165, 1.54) is 11.3 Å². The van der Waals surface area contributed by atoms with Gasteiger partial charge in [-0.25, -0.2) is 9.97 Å². The fourth-order valence-corrected chi connectivity index (χ4v) is 4.01. The molecule has 25 heavy (non-hydrogen) atoms. The zero-order chi connectivity index (χ0) is 17.6. The van der Waals surface area contributed by atoms with Crippen LogP contribution in [0.5, 0.6) is 0 Å². The van der Waals surface area contributed by atoms with Gasteiger partial charge in [0.15, 0.2) is 5.13 Å². The summed E-state index contributed by atoms with van der Waals surface area (Å²) in [7, 11) is 0. The third-order valence-electron chi connectivity index (χ3n) is 3.47. The highest BCUT2D eigenvalue weighted by atomic mass is 32.2. The summed E-state index contributed by atoms with van der Waals surface area (Å²) in [5.41, 5.74) is 2.15. The third-order valence-corrected chi connectivity index (χ3v) is 5.56. The number of nitrogens with zero attached hydrogens (tertiary/aromatic N) is 2. The number of carbonyl (C=O) groups is 1. The molecule has 0 saturated heterocycles. The molecule has 1 N–H and O–H groups in total. The summed E-state index contributed by atoms with van der Waals surface area (Å²) in [5.74, 6) is 2.19. The van der Waals surface area contributed by atoms with Crippen molar-refractivity contribution in [3.05, 3.63) is 59.4 Å². The van der Waals surface area contributed by atoms with E-state index in [1.54, 1.807) is 24.2 Å². The Morgan fingerprint density at radius 1 is 1.32 bits per heavy atom. The number of anilines is 1. The number of benzene rings is 1. The molecular formula is C18H19N3O2S2. The molecule has 1 aromatic carbocycles. The van der Waals surface area contributed by atoms with Gasteiger partial charge in [0.2, 0.25) is 11.8 Å². The van der Waals surface area contributed by atoms with E-state index in [-0.39, 0.29) is 5.91 Å². The lowest BCUT2D eigenvalue weighted by molar-refractivity contribution is -0.115. The number of carbonyl (C=O) groups excluding carboxylic acids is 1. The normalized spacial score (nSPS) is 10.8. The maximum atomic E-state index is 12.1. The second-order valence-corrected chi connectivity index (χ2v) is 7.87. The predicted molar refractivity (Wildman–Crippen MR) is 101 cm³/mol. The van der Waals surface area contributed by atoms with E-state index in [0.29, 0.717) is 23.2 Å².